The molecular formula is C22H18Cl2F5N5O. The van der Waals surface area contributed by atoms with Gasteiger partial charge >= 0.3 is 6.18 Å². The standard InChI is InChI=1S/C22H18Cl2F5N5O/c23-14-2-3-15-13(1-4-17(24)33-15)18(14)19(35)30-11-16(34-7-5-21(25,26)6-8-34)12-9-31-20(32-10-12)22(27,28)29/h1-4,9-10,16H,5-8,11H2,(H,30,35). The topological polar surface area (TPSA) is 71.0 Å². The normalized spacial score (nSPS) is 17.3. The number of carbonyl (C=O) groups is 1. The van der Waals surface area contributed by atoms with Gasteiger partial charge in [0.25, 0.3) is 11.8 Å². The van der Waals surface area contributed by atoms with E-state index in [1.807, 2.05) is 0 Å². The van der Waals surface area contributed by atoms with Crippen LogP contribution in [-0.2, 0) is 6.18 Å². The molecule has 1 N–H and O–H groups in total. The Kier molecular flexibility index (Phi) is 7.12. The van der Waals surface area contributed by atoms with Crippen LogP contribution < -0.4 is 5.32 Å². The van der Waals surface area contributed by atoms with E-state index in [2.05, 4.69) is 20.3 Å². The lowest BCUT2D eigenvalue weighted by molar-refractivity contribution is -0.145. The zero-order valence-corrected chi connectivity index (χ0v) is 19.4. The zero-order valence-electron chi connectivity index (χ0n) is 17.9. The van der Waals surface area contributed by atoms with Crippen LogP contribution >= 0.6 is 23.2 Å². The van der Waals surface area contributed by atoms with Gasteiger partial charge in [-0.15, -0.1) is 0 Å². The Hall–Kier alpha value is -2.63. The molecule has 1 aliphatic heterocycles. The molecule has 4 rings (SSSR count). The molecule has 0 bridgehead atoms. The number of carbonyl (C=O) groups excluding carboxylic acids is 1. The SMILES string of the molecule is O=C(NCC(c1cnc(C(F)(F)F)nc1)N1CCC(F)(F)CC1)c1c(Cl)ccc2nc(Cl)ccc12. The van der Waals surface area contributed by atoms with Crippen molar-refractivity contribution < 1.29 is 26.7 Å². The number of nitrogens with one attached hydrogen (secondary N) is 1. The Bertz CT molecular complexity index is 1230. The second-order valence-electron chi connectivity index (χ2n) is 8.08. The molecular weight excluding hydrogens is 516 g/mol. The molecule has 1 aromatic carbocycles. The van der Waals surface area contributed by atoms with Gasteiger partial charge in [0, 0.05) is 55.8 Å². The first-order valence-electron chi connectivity index (χ1n) is 10.5. The smallest absolute Gasteiger partial charge is 0.350 e. The summed E-state index contributed by atoms with van der Waals surface area (Å²) in [6, 6.07) is 5.47. The Labute approximate surface area is 206 Å². The van der Waals surface area contributed by atoms with E-state index in [4.69, 9.17) is 23.2 Å². The second-order valence-corrected chi connectivity index (χ2v) is 8.87. The summed E-state index contributed by atoms with van der Waals surface area (Å²) in [4.78, 5) is 25.7. The van der Waals surface area contributed by atoms with Crippen LogP contribution in [0.25, 0.3) is 10.9 Å². The minimum Gasteiger partial charge on any atom is -0.350 e. The molecule has 13 heteroatoms. The number of piperidine rings is 1. The van der Waals surface area contributed by atoms with Crippen LogP contribution in [0.3, 0.4) is 0 Å². The van der Waals surface area contributed by atoms with Crippen molar-refractivity contribution in [1.29, 1.82) is 0 Å². The molecule has 0 spiro atoms. The van der Waals surface area contributed by atoms with Crippen molar-refractivity contribution >= 4 is 40.0 Å². The number of benzene rings is 1. The first-order valence-corrected chi connectivity index (χ1v) is 11.2. The largest absolute Gasteiger partial charge is 0.451 e. The van der Waals surface area contributed by atoms with Crippen molar-refractivity contribution in [3.63, 3.8) is 0 Å². The number of pyridine rings is 1. The van der Waals surface area contributed by atoms with Gasteiger partial charge in [0.2, 0.25) is 5.82 Å². The Morgan fingerprint density at radius 2 is 1.74 bits per heavy atom. The number of amides is 1. The average Bonchev–Trinajstić information content (AvgIpc) is 2.79. The molecule has 1 saturated heterocycles. The molecule has 1 aliphatic rings. The van der Waals surface area contributed by atoms with E-state index < -0.39 is 42.7 Å². The van der Waals surface area contributed by atoms with Gasteiger partial charge < -0.3 is 5.32 Å². The summed E-state index contributed by atoms with van der Waals surface area (Å²) in [6.07, 6.45) is -3.56. The number of fused-ring (bicyclic) bond motifs is 1. The van der Waals surface area contributed by atoms with Crippen molar-refractivity contribution in [3.05, 3.63) is 63.8 Å². The Morgan fingerprint density at radius 1 is 1.09 bits per heavy atom. The van der Waals surface area contributed by atoms with Crippen LogP contribution in [0.4, 0.5) is 22.0 Å². The molecule has 3 heterocycles. The predicted octanol–water partition coefficient (Wildman–Crippen LogP) is 5.55. The van der Waals surface area contributed by atoms with E-state index in [1.165, 1.54) is 12.1 Å². The maximum atomic E-state index is 13.7. The van der Waals surface area contributed by atoms with E-state index in [0.29, 0.717) is 10.9 Å². The average molecular weight is 534 g/mol. The molecule has 3 aromatic rings. The first-order chi connectivity index (χ1) is 16.4. The van der Waals surface area contributed by atoms with Gasteiger partial charge in [-0.25, -0.2) is 23.7 Å². The van der Waals surface area contributed by atoms with Crippen molar-refractivity contribution in [1.82, 2.24) is 25.2 Å². The zero-order chi connectivity index (χ0) is 25.4. The maximum absolute atomic E-state index is 13.7. The predicted molar refractivity (Wildman–Crippen MR) is 120 cm³/mol. The van der Waals surface area contributed by atoms with Gasteiger partial charge in [0.15, 0.2) is 0 Å². The summed E-state index contributed by atoms with van der Waals surface area (Å²) in [7, 11) is 0. The molecule has 1 amide bonds. The fraction of sp³-hybridized carbons (Fsp3) is 0.364. The molecule has 0 saturated carbocycles. The van der Waals surface area contributed by atoms with Gasteiger partial charge in [-0.1, -0.05) is 23.2 Å². The quantitative estimate of drug-likeness (QED) is 0.343. The minimum absolute atomic E-state index is 0.0218. The van der Waals surface area contributed by atoms with Crippen molar-refractivity contribution in [2.75, 3.05) is 19.6 Å². The van der Waals surface area contributed by atoms with Crippen LogP contribution in [0.1, 0.15) is 40.6 Å². The Morgan fingerprint density at radius 3 is 2.37 bits per heavy atom. The van der Waals surface area contributed by atoms with E-state index in [1.54, 1.807) is 17.0 Å². The number of halogens is 7. The first kappa shape index (κ1) is 25.5. The molecule has 1 fully saturated rings. The van der Waals surface area contributed by atoms with Crippen molar-refractivity contribution in [3.8, 4) is 0 Å². The fourth-order valence-corrected chi connectivity index (χ4v) is 4.34. The van der Waals surface area contributed by atoms with E-state index in [-0.39, 0.29) is 40.9 Å². The van der Waals surface area contributed by atoms with Crippen LogP contribution in [-0.4, -0.2) is 51.3 Å². The molecule has 0 radical (unpaired) electrons. The lowest BCUT2D eigenvalue weighted by Gasteiger charge is -2.37. The summed E-state index contributed by atoms with van der Waals surface area (Å²) in [5.41, 5.74) is 0.833. The summed E-state index contributed by atoms with van der Waals surface area (Å²) >= 11 is 12.2. The lowest BCUT2D eigenvalue weighted by atomic mass is 10.0. The van der Waals surface area contributed by atoms with Gasteiger partial charge in [-0.05, 0) is 24.3 Å². The fourth-order valence-electron chi connectivity index (χ4n) is 3.94. The highest BCUT2D eigenvalue weighted by Gasteiger charge is 2.38. The molecule has 6 nitrogen and oxygen atoms in total. The highest BCUT2D eigenvalue weighted by molar-refractivity contribution is 6.36. The maximum Gasteiger partial charge on any atom is 0.451 e. The molecule has 2 aromatic heterocycles. The summed E-state index contributed by atoms with van der Waals surface area (Å²) in [5, 5.41) is 3.56. The molecule has 1 unspecified atom stereocenters. The van der Waals surface area contributed by atoms with E-state index >= 15 is 0 Å². The number of rotatable bonds is 5. The van der Waals surface area contributed by atoms with Crippen molar-refractivity contribution in [2.45, 2.75) is 31.0 Å². The minimum atomic E-state index is -4.72. The van der Waals surface area contributed by atoms with Crippen molar-refractivity contribution in [2.24, 2.45) is 0 Å². The monoisotopic (exact) mass is 533 g/mol. The number of alkyl halides is 5. The summed E-state index contributed by atoms with van der Waals surface area (Å²) < 4.78 is 66.1. The van der Waals surface area contributed by atoms with Gasteiger partial charge in [-0.3, -0.25) is 9.69 Å². The second kappa shape index (κ2) is 9.79. The third-order valence-electron chi connectivity index (χ3n) is 5.75. The number of hydrogen-bond acceptors (Lipinski definition) is 5. The lowest BCUT2D eigenvalue weighted by Crippen LogP contribution is -2.45. The Balaban J connectivity index is 1.60. The number of likely N-dealkylation sites (tertiary alicyclic amines) is 1. The number of nitrogens with zero attached hydrogens (tertiary/aromatic N) is 4. The summed E-state index contributed by atoms with van der Waals surface area (Å²) in [6.45, 7) is -0.148. The summed E-state index contributed by atoms with van der Waals surface area (Å²) in [5.74, 6) is -4.71. The van der Waals surface area contributed by atoms with E-state index in [9.17, 15) is 26.7 Å². The van der Waals surface area contributed by atoms with Gasteiger partial charge in [0.05, 0.1) is 22.1 Å². The van der Waals surface area contributed by atoms with E-state index in [0.717, 1.165) is 12.4 Å². The highest BCUT2D eigenvalue weighted by Crippen LogP contribution is 2.33. The molecule has 186 valence electrons. The van der Waals surface area contributed by atoms with Crippen LogP contribution in [0.5, 0.6) is 0 Å². The highest BCUT2D eigenvalue weighted by atomic mass is 35.5. The third kappa shape index (κ3) is 5.79. The number of aromatic nitrogens is 3. The number of hydrogen-bond donors (Lipinski definition) is 1. The van der Waals surface area contributed by atoms with Gasteiger partial charge in [-0.2, -0.15) is 13.2 Å². The third-order valence-corrected chi connectivity index (χ3v) is 6.28. The molecule has 35 heavy (non-hydrogen) atoms. The van der Waals surface area contributed by atoms with Crippen LogP contribution in [0.2, 0.25) is 10.2 Å². The molecule has 1 atom stereocenters. The van der Waals surface area contributed by atoms with Crippen LogP contribution in [0.15, 0.2) is 36.7 Å². The molecule has 0 aliphatic carbocycles. The van der Waals surface area contributed by atoms with Crippen LogP contribution in [0, 0.1) is 0 Å². The van der Waals surface area contributed by atoms with Gasteiger partial charge in [0.1, 0.15) is 5.15 Å².